The molecular weight excluding hydrogens is 488 g/mol. The normalized spacial score (nSPS) is 16.7. The number of sulfonamides is 1. The van der Waals surface area contributed by atoms with Crippen LogP contribution in [0.1, 0.15) is 47.8 Å². The third-order valence-electron chi connectivity index (χ3n) is 6.46. The second kappa shape index (κ2) is 9.41. The molecule has 0 radical (unpaired) electrons. The third-order valence-corrected chi connectivity index (χ3v) is 10.3. The number of pyridine rings is 1. The summed E-state index contributed by atoms with van der Waals surface area (Å²) in [5.74, 6) is 0. The van der Waals surface area contributed by atoms with Crippen LogP contribution >= 0.6 is 22.9 Å². The van der Waals surface area contributed by atoms with Gasteiger partial charge in [-0.1, -0.05) is 40.6 Å². The Morgan fingerprint density at radius 3 is 2.65 bits per heavy atom. The Bertz CT molecular complexity index is 1370. The number of anilines is 1. The maximum Gasteiger partial charge on any atom is 0.254 e. The number of piperidine rings is 1. The maximum absolute atomic E-state index is 13.4. The SMILES string of the molecule is CCNc1nc(C)c(S(=O)(=O)N2CCC(=C3c4ccc(Cl)cc4CCc4cccnc43)CC2)s1. The zero-order chi connectivity index (χ0) is 23.9. The largest absolute Gasteiger partial charge is 0.362 e. The average Bonchev–Trinajstić information content (AvgIpc) is 3.12. The number of hydrogen-bond acceptors (Lipinski definition) is 6. The fraction of sp³-hybridized carbons (Fsp3) is 0.360. The van der Waals surface area contributed by atoms with E-state index in [1.165, 1.54) is 33.6 Å². The molecule has 2 aliphatic rings. The van der Waals surface area contributed by atoms with E-state index in [1.54, 1.807) is 11.2 Å². The summed E-state index contributed by atoms with van der Waals surface area (Å²) in [5, 5.41) is 4.51. The summed E-state index contributed by atoms with van der Waals surface area (Å²) in [4.78, 5) is 9.16. The molecule has 3 aromatic rings. The van der Waals surface area contributed by atoms with Crippen LogP contribution in [0, 0.1) is 6.92 Å². The molecule has 6 nitrogen and oxygen atoms in total. The second-order valence-corrected chi connectivity index (χ2v) is 12.2. The van der Waals surface area contributed by atoms with Gasteiger partial charge in [-0.2, -0.15) is 4.31 Å². The molecule has 0 spiro atoms. The number of nitrogens with one attached hydrogen (secondary N) is 1. The van der Waals surface area contributed by atoms with Gasteiger partial charge in [0.25, 0.3) is 10.0 Å². The highest BCUT2D eigenvalue weighted by atomic mass is 35.5. The molecule has 3 heterocycles. The minimum atomic E-state index is -3.58. The number of nitrogens with zero attached hydrogens (tertiary/aromatic N) is 3. The Labute approximate surface area is 209 Å². The van der Waals surface area contributed by atoms with Crippen LogP contribution in [-0.2, 0) is 22.9 Å². The van der Waals surface area contributed by atoms with Crippen LogP contribution in [0.3, 0.4) is 0 Å². The molecule has 34 heavy (non-hydrogen) atoms. The summed E-state index contributed by atoms with van der Waals surface area (Å²) < 4.78 is 28.8. The Morgan fingerprint density at radius 1 is 1.12 bits per heavy atom. The Hall–Kier alpha value is -2.26. The van der Waals surface area contributed by atoms with Crippen molar-refractivity contribution in [2.45, 2.75) is 43.7 Å². The first-order chi connectivity index (χ1) is 16.4. The molecule has 0 unspecified atom stereocenters. The quantitative estimate of drug-likeness (QED) is 0.510. The van der Waals surface area contributed by atoms with Crippen LogP contribution in [0.4, 0.5) is 5.13 Å². The number of hydrogen-bond donors (Lipinski definition) is 1. The third kappa shape index (κ3) is 4.28. The Morgan fingerprint density at radius 2 is 1.88 bits per heavy atom. The first-order valence-electron chi connectivity index (χ1n) is 11.5. The first-order valence-corrected chi connectivity index (χ1v) is 14.2. The van der Waals surface area contributed by atoms with Crippen molar-refractivity contribution >= 4 is 43.7 Å². The zero-order valence-electron chi connectivity index (χ0n) is 19.3. The molecule has 0 amide bonds. The van der Waals surface area contributed by atoms with E-state index in [9.17, 15) is 8.42 Å². The topological polar surface area (TPSA) is 75.2 Å². The molecule has 178 valence electrons. The van der Waals surface area contributed by atoms with Gasteiger partial charge in [0.1, 0.15) is 0 Å². The van der Waals surface area contributed by atoms with Crippen LogP contribution in [0.5, 0.6) is 0 Å². The lowest BCUT2D eigenvalue weighted by atomic mass is 9.89. The van der Waals surface area contributed by atoms with Gasteiger partial charge in [0.15, 0.2) is 9.34 Å². The van der Waals surface area contributed by atoms with E-state index in [2.05, 4.69) is 28.5 Å². The highest BCUT2D eigenvalue weighted by molar-refractivity contribution is 7.91. The number of benzene rings is 1. The van der Waals surface area contributed by atoms with Crippen molar-refractivity contribution in [3.05, 3.63) is 75.2 Å². The highest BCUT2D eigenvalue weighted by Gasteiger charge is 2.33. The van der Waals surface area contributed by atoms with Gasteiger partial charge >= 0.3 is 0 Å². The number of thiazole rings is 1. The predicted molar refractivity (Wildman–Crippen MR) is 138 cm³/mol. The smallest absolute Gasteiger partial charge is 0.254 e. The fourth-order valence-corrected chi connectivity index (χ4v) is 8.10. The summed E-state index contributed by atoms with van der Waals surface area (Å²) in [7, 11) is -3.58. The van der Waals surface area contributed by atoms with E-state index in [1.807, 2.05) is 25.3 Å². The lowest BCUT2D eigenvalue weighted by molar-refractivity contribution is 0.388. The number of halogens is 1. The first kappa shape index (κ1) is 23.5. The van der Waals surface area contributed by atoms with Crippen LogP contribution < -0.4 is 5.32 Å². The van der Waals surface area contributed by atoms with Gasteiger partial charge in [0.05, 0.1) is 11.4 Å². The number of aromatic nitrogens is 2. The Balaban J connectivity index is 1.50. The second-order valence-electron chi connectivity index (χ2n) is 8.62. The van der Waals surface area contributed by atoms with Crippen molar-refractivity contribution in [2.75, 3.05) is 25.0 Å². The molecule has 1 aromatic carbocycles. The number of rotatable bonds is 4. The Kier molecular flexibility index (Phi) is 6.50. The van der Waals surface area contributed by atoms with Crippen LogP contribution in [-0.4, -0.2) is 42.3 Å². The monoisotopic (exact) mass is 514 g/mol. The van der Waals surface area contributed by atoms with E-state index < -0.39 is 10.0 Å². The molecule has 5 rings (SSSR count). The van der Waals surface area contributed by atoms with Gasteiger partial charge in [0.2, 0.25) is 0 Å². The van der Waals surface area contributed by atoms with E-state index in [4.69, 9.17) is 16.6 Å². The molecule has 0 saturated carbocycles. The van der Waals surface area contributed by atoms with Crippen molar-refractivity contribution in [1.82, 2.24) is 14.3 Å². The van der Waals surface area contributed by atoms with E-state index in [0.717, 1.165) is 29.1 Å². The molecule has 1 N–H and O–H groups in total. The maximum atomic E-state index is 13.4. The number of aryl methyl sites for hydroxylation is 3. The molecule has 1 fully saturated rings. The summed E-state index contributed by atoms with van der Waals surface area (Å²) in [6.45, 7) is 5.32. The lowest BCUT2D eigenvalue weighted by Gasteiger charge is -2.29. The molecule has 9 heteroatoms. The molecule has 0 atom stereocenters. The minimum Gasteiger partial charge on any atom is -0.362 e. The van der Waals surface area contributed by atoms with Crippen molar-refractivity contribution in [3.8, 4) is 0 Å². The van der Waals surface area contributed by atoms with Gasteiger partial charge in [0, 0.05) is 36.4 Å². The predicted octanol–water partition coefficient (Wildman–Crippen LogP) is 5.32. The minimum absolute atomic E-state index is 0.334. The highest BCUT2D eigenvalue weighted by Crippen LogP contribution is 2.39. The molecule has 1 aliphatic heterocycles. The summed E-state index contributed by atoms with van der Waals surface area (Å²) >= 11 is 7.54. The molecule has 1 aliphatic carbocycles. The van der Waals surface area contributed by atoms with Crippen molar-refractivity contribution in [1.29, 1.82) is 0 Å². The van der Waals surface area contributed by atoms with Crippen LogP contribution in [0.2, 0.25) is 5.02 Å². The van der Waals surface area contributed by atoms with Crippen molar-refractivity contribution < 1.29 is 8.42 Å². The van der Waals surface area contributed by atoms with E-state index >= 15 is 0 Å². The van der Waals surface area contributed by atoms with Crippen LogP contribution in [0.25, 0.3) is 5.57 Å². The lowest BCUT2D eigenvalue weighted by Crippen LogP contribution is -2.36. The molecular formula is C25H27ClN4O2S2. The van der Waals surface area contributed by atoms with Gasteiger partial charge < -0.3 is 5.32 Å². The zero-order valence-corrected chi connectivity index (χ0v) is 21.7. The average molecular weight is 515 g/mol. The van der Waals surface area contributed by atoms with E-state index in [-0.39, 0.29) is 0 Å². The van der Waals surface area contributed by atoms with Crippen LogP contribution in [0.15, 0.2) is 46.3 Å². The number of fused-ring (bicyclic) bond motifs is 2. The van der Waals surface area contributed by atoms with Gasteiger partial charge in [-0.15, -0.1) is 0 Å². The van der Waals surface area contributed by atoms with Gasteiger partial charge in [-0.3, -0.25) is 4.98 Å². The van der Waals surface area contributed by atoms with Crippen molar-refractivity contribution in [2.24, 2.45) is 0 Å². The molecule has 0 bridgehead atoms. The summed E-state index contributed by atoms with van der Waals surface area (Å²) in [5.41, 5.74) is 7.59. The standard InChI is InChI=1S/C25H27ClN4O2S2/c1-3-27-25-29-16(2)24(33-25)34(31,32)30-13-10-17(11-14-30)22-21-9-8-20(26)15-19(21)7-6-18-5-4-12-28-23(18)22/h4-5,8-9,12,15H,3,6-7,10-11,13-14H2,1-2H3,(H,27,29). The van der Waals surface area contributed by atoms with Crippen molar-refractivity contribution in [3.63, 3.8) is 0 Å². The van der Waals surface area contributed by atoms with Gasteiger partial charge in [-0.25, -0.2) is 13.4 Å². The van der Waals surface area contributed by atoms with Gasteiger partial charge in [-0.05, 0) is 74.4 Å². The summed E-state index contributed by atoms with van der Waals surface area (Å²) in [6.07, 6.45) is 5.00. The molecule has 1 saturated heterocycles. The van der Waals surface area contributed by atoms with E-state index in [0.29, 0.717) is 47.5 Å². The molecule has 2 aromatic heterocycles. The summed E-state index contributed by atoms with van der Waals surface area (Å²) in [6, 6.07) is 10.2. The fourth-order valence-electron chi connectivity index (χ4n) is 4.85.